The number of benzene rings is 1. The highest BCUT2D eigenvalue weighted by Crippen LogP contribution is 2.43. The van der Waals surface area contributed by atoms with E-state index in [1.54, 1.807) is 13.2 Å². The monoisotopic (exact) mass is 259 g/mol. The van der Waals surface area contributed by atoms with Gasteiger partial charge in [0.2, 0.25) is 6.08 Å². The van der Waals surface area contributed by atoms with Crippen LogP contribution in [0.15, 0.2) is 23.2 Å². The van der Waals surface area contributed by atoms with E-state index in [0.717, 1.165) is 37.0 Å². The minimum Gasteiger partial charge on any atom is -0.496 e. The molecule has 0 spiro atoms. The Morgan fingerprint density at radius 2 is 2.00 bits per heavy atom. The summed E-state index contributed by atoms with van der Waals surface area (Å²) >= 11 is 0. The quantitative estimate of drug-likeness (QED) is 0.607. The number of carbonyl (C=O) groups excluding carboxylic acids is 1. The van der Waals surface area contributed by atoms with Crippen LogP contribution in [0.2, 0.25) is 0 Å². The van der Waals surface area contributed by atoms with Crippen LogP contribution < -0.4 is 4.74 Å². The van der Waals surface area contributed by atoms with E-state index < -0.39 is 0 Å². The van der Waals surface area contributed by atoms with Gasteiger partial charge >= 0.3 is 0 Å². The molecule has 1 aliphatic carbocycles. The van der Waals surface area contributed by atoms with Gasteiger partial charge in [-0.3, -0.25) is 0 Å². The number of hydrogen-bond acceptors (Lipinski definition) is 3. The second-order valence-electron chi connectivity index (χ2n) is 5.55. The van der Waals surface area contributed by atoms with Crippen LogP contribution in [-0.2, 0) is 10.3 Å². The van der Waals surface area contributed by atoms with E-state index in [1.807, 2.05) is 12.1 Å². The molecule has 1 fully saturated rings. The van der Waals surface area contributed by atoms with Gasteiger partial charge < -0.3 is 4.74 Å². The number of nitrogens with zero attached hydrogens (tertiary/aromatic N) is 1. The average Bonchev–Trinajstić information content (AvgIpc) is 2.88. The van der Waals surface area contributed by atoms with Crippen molar-refractivity contribution < 1.29 is 9.53 Å². The molecule has 2 rings (SSSR count). The molecule has 1 saturated carbocycles. The van der Waals surface area contributed by atoms with Gasteiger partial charge in [0.25, 0.3) is 0 Å². The summed E-state index contributed by atoms with van der Waals surface area (Å²) in [4.78, 5) is 14.9. The van der Waals surface area contributed by atoms with E-state index >= 15 is 0 Å². The third kappa shape index (κ3) is 2.57. The summed E-state index contributed by atoms with van der Waals surface area (Å²) < 4.78 is 5.41. The summed E-state index contributed by atoms with van der Waals surface area (Å²) in [5.41, 5.74) is 1.95. The van der Waals surface area contributed by atoms with Crippen molar-refractivity contribution in [2.75, 3.05) is 7.11 Å². The Morgan fingerprint density at radius 3 is 2.53 bits per heavy atom. The molecule has 1 aromatic carbocycles. The highest BCUT2D eigenvalue weighted by Gasteiger charge is 2.36. The molecule has 0 bridgehead atoms. The van der Waals surface area contributed by atoms with Crippen LogP contribution in [0.4, 0.5) is 0 Å². The predicted molar refractivity (Wildman–Crippen MR) is 75.4 cm³/mol. The molecule has 1 aromatic rings. The largest absolute Gasteiger partial charge is 0.496 e. The van der Waals surface area contributed by atoms with E-state index in [4.69, 9.17) is 4.74 Å². The van der Waals surface area contributed by atoms with Crippen molar-refractivity contribution in [2.45, 2.75) is 51.0 Å². The molecule has 0 aliphatic heterocycles. The maximum atomic E-state index is 10.8. The molecule has 0 radical (unpaired) electrons. The SMILES string of the molecule is COc1ccc(C2(N=C=O)CCCC2)cc1C(C)C. The first-order valence-corrected chi connectivity index (χ1v) is 6.90. The van der Waals surface area contributed by atoms with E-state index in [9.17, 15) is 4.79 Å². The zero-order chi connectivity index (χ0) is 13.9. The first kappa shape index (κ1) is 13.8. The molecule has 19 heavy (non-hydrogen) atoms. The normalized spacial score (nSPS) is 17.3. The maximum absolute atomic E-state index is 10.8. The van der Waals surface area contributed by atoms with Gasteiger partial charge in [-0.15, -0.1) is 0 Å². The third-order valence-electron chi connectivity index (χ3n) is 4.08. The summed E-state index contributed by atoms with van der Waals surface area (Å²) in [6.07, 6.45) is 5.88. The molecule has 0 N–H and O–H groups in total. The zero-order valence-corrected chi connectivity index (χ0v) is 11.9. The lowest BCUT2D eigenvalue weighted by atomic mass is 9.86. The summed E-state index contributed by atoms with van der Waals surface area (Å²) in [5, 5.41) is 0. The summed E-state index contributed by atoms with van der Waals surface area (Å²) in [6.45, 7) is 4.29. The van der Waals surface area contributed by atoms with Crippen LogP contribution >= 0.6 is 0 Å². The summed E-state index contributed by atoms with van der Waals surface area (Å²) in [5.74, 6) is 1.29. The van der Waals surface area contributed by atoms with Crippen molar-refractivity contribution in [3.05, 3.63) is 29.3 Å². The van der Waals surface area contributed by atoms with Crippen LogP contribution in [0.3, 0.4) is 0 Å². The Labute approximate surface area is 114 Å². The standard InChI is InChI=1S/C16H21NO2/c1-12(2)14-10-13(6-7-15(14)19-3)16(17-11-18)8-4-5-9-16/h6-7,10,12H,4-5,8-9H2,1-3H3. The second-order valence-corrected chi connectivity index (χ2v) is 5.55. The van der Waals surface area contributed by atoms with Gasteiger partial charge in [0.05, 0.1) is 12.6 Å². The lowest BCUT2D eigenvalue weighted by molar-refractivity contribution is 0.405. The van der Waals surface area contributed by atoms with Gasteiger partial charge in [-0.2, -0.15) is 4.99 Å². The Kier molecular flexibility index (Phi) is 4.06. The van der Waals surface area contributed by atoms with Crippen LogP contribution in [0.1, 0.15) is 56.6 Å². The third-order valence-corrected chi connectivity index (χ3v) is 4.08. The lowest BCUT2D eigenvalue weighted by Crippen LogP contribution is -2.19. The van der Waals surface area contributed by atoms with Gasteiger partial charge in [-0.25, -0.2) is 4.79 Å². The molecule has 0 saturated heterocycles. The molecule has 1 aliphatic rings. The van der Waals surface area contributed by atoms with Crippen molar-refractivity contribution in [2.24, 2.45) is 4.99 Å². The highest BCUT2D eigenvalue weighted by molar-refractivity contribution is 5.44. The molecule has 3 nitrogen and oxygen atoms in total. The predicted octanol–water partition coefficient (Wildman–Crippen LogP) is 3.92. The number of hydrogen-bond donors (Lipinski definition) is 0. The molecule has 3 heteroatoms. The highest BCUT2D eigenvalue weighted by atomic mass is 16.5. The molecular weight excluding hydrogens is 238 g/mol. The fourth-order valence-electron chi connectivity index (χ4n) is 2.99. The second kappa shape index (κ2) is 5.58. The van der Waals surface area contributed by atoms with Crippen molar-refractivity contribution in [3.8, 4) is 5.75 Å². The van der Waals surface area contributed by atoms with Gasteiger partial charge in [0.15, 0.2) is 0 Å². The molecular formula is C16H21NO2. The van der Waals surface area contributed by atoms with E-state index in [1.165, 1.54) is 5.56 Å². The molecule has 0 aromatic heterocycles. The van der Waals surface area contributed by atoms with Gasteiger partial charge in [-0.1, -0.05) is 32.8 Å². The Morgan fingerprint density at radius 1 is 1.32 bits per heavy atom. The fourth-order valence-corrected chi connectivity index (χ4v) is 2.99. The first-order valence-electron chi connectivity index (χ1n) is 6.90. The molecule has 102 valence electrons. The number of aliphatic imine (C=N–C) groups is 1. The van der Waals surface area contributed by atoms with Crippen molar-refractivity contribution >= 4 is 6.08 Å². The molecule has 0 atom stereocenters. The van der Waals surface area contributed by atoms with Gasteiger partial charge in [0.1, 0.15) is 5.75 Å². The van der Waals surface area contributed by atoms with Gasteiger partial charge in [-0.05, 0) is 42.0 Å². The number of isocyanates is 1. The summed E-state index contributed by atoms with van der Waals surface area (Å²) in [7, 11) is 1.69. The smallest absolute Gasteiger partial charge is 0.235 e. The first-order chi connectivity index (χ1) is 9.13. The molecule has 0 unspecified atom stereocenters. The maximum Gasteiger partial charge on any atom is 0.235 e. The van der Waals surface area contributed by atoms with Crippen LogP contribution in [0.5, 0.6) is 5.75 Å². The van der Waals surface area contributed by atoms with Gasteiger partial charge in [0, 0.05) is 0 Å². The lowest BCUT2D eigenvalue weighted by Gasteiger charge is -2.25. The number of methoxy groups -OCH3 is 1. The Bertz CT molecular complexity index is 495. The zero-order valence-electron chi connectivity index (χ0n) is 11.9. The van der Waals surface area contributed by atoms with Crippen molar-refractivity contribution in [3.63, 3.8) is 0 Å². The summed E-state index contributed by atoms with van der Waals surface area (Å²) in [6, 6.07) is 6.18. The Balaban J connectivity index is 2.50. The van der Waals surface area contributed by atoms with Crippen molar-refractivity contribution in [1.82, 2.24) is 0 Å². The van der Waals surface area contributed by atoms with Crippen LogP contribution in [-0.4, -0.2) is 13.2 Å². The average molecular weight is 259 g/mol. The number of ether oxygens (including phenoxy) is 1. The molecule has 0 amide bonds. The van der Waals surface area contributed by atoms with E-state index in [0.29, 0.717) is 5.92 Å². The van der Waals surface area contributed by atoms with E-state index in [2.05, 4.69) is 24.9 Å². The van der Waals surface area contributed by atoms with Crippen LogP contribution in [0, 0.1) is 0 Å². The minimum atomic E-state index is -0.350. The number of rotatable bonds is 4. The molecule has 0 heterocycles. The van der Waals surface area contributed by atoms with Crippen LogP contribution in [0.25, 0.3) is 0 Å². The fraction of sp³-hybridized carbons (Fsp3) is 0.562. The Hall–Kier alpha value is -1.60. The van der Waals surface area contributed by atoms with Crippen molar-refractivity contribution in [1.29, 1.82) is 0 Å². The van der Waals surface area contributed by atoms with E-state index in [-0.39, 0.29) is 5.54 Å². The topological polar surface area (TPSA) is 38.7 Å². The minimum absolute atomic E-state index is 0.350.